The second-order valence-electron chi connectivity index (χ2n) is 6.27. The molecule has 1 heterocycles. The molecule has 1 aromatic heterocycles. The number of fused-ring (bicyclic) bond motifs is 1. The molecular weight excluding hydrogens is 340 g/mol. The molecule has 0 fully saturated rings. The molecule has 27 heavy (non-hydrogen) atoms. The summed E-state index contributed by atoms with van der Waals surface area (Å²) in [5.74, 6) is -0.138. The minimum absolute atomic E-state index is 0.323. The van der Waals surface area contributed by atoms with Gasteiger partial charge >= 0.3 is 11.6 Å². The van der Waals surface area contributed by atoms with Crippen molar-refractivity contribution in [2.75, 3.05) is 0 Å². The molecule has 0 aliphatic heterocycles. The maximum Gasteiger partial charge on any atom is 0.344 e. The van der Waals surface area contributed by atoms with Gasteiger partial charge in [0, 0.05) is 11.5 Å². The van der Waals surface area contributed by atoms with Crippen molar-refractivity contribution in [1.29, 1.82) is 0 Å². The lowest BCUT2D eigenvalue weighted by molar-refractivity contribution is 0.0735. The Morgan fingerprint density at radius 1 is 0.889 bits per heavy atom. The number of rotatable bonds is 3. The molecule has 0 atom stereocenters. The van der Waals surface area contributed by atoms with E-state index in [4.69, 9.17) is 9.15 Å². The number of carbonyl (C=O) groups excluding carboxylic acids is 1. The number of carbonyl (C=O) groups is 1. The first-order valence-corrected chi connectivity index (χ1v) is 8.52. The standard InChI is InChI=1S/C23H16O4/c1-15-7-9-17(10-8-15)22(24)26-19-12-11-18-13-20(16-5-3-2-4-6-16)23(25)27-21(18)14-19/h2-14H,1H3. The van der Waals surface area contributed by atoms with Crippen LogP contribution in [0.25, 0.3) is 22.1 Å². The molecule has 132 valence electrons. The van der Waals surface area contributed by atoms with Gasteiger partial charge in [-0.3, -0.25) is 0 Å². The van der Waals surface area contributed by atoms with E-state index in [9.17, 15) is 9.59 Å². The first-order valence-electron chi connectivity index (χ1n) is 8.52. The van der Waals surface area contributed by atoms with Crippen LogP contribution >= 0.6 is 0 Å². The Kier molecular flexibility index (Phi) is 4.30. The fourth-order valence-electron chi connectivity index (χ4n) is 2.83. The number of aryl methyl sites for hydroxylation is 1. The Balaban J connectivity index is 1.66. The third-order valence-electron chi connectivity index (χ3n) is 4.29. The summed E-state index contributed by atoms with van der Waals surface area (Å²) in [6.45, 7) is 1.95. The van der Waals surface area contributed by atoms with Gasteiger partial charge < -0.3 is 9.15 Å². The summed E-state index contributed by atoms with van der Waals surface area (Å²) in [5.41, 5.74) is 2.75. The molecule has 0 bridgehead atoms. The van der Waals surface area contributed by atoms with Crippen LogP contribution in [0.2, 0.25) is 0 Å². The highest BCUT2D eigenvalue weighted by Gasteiger charge is 2.11. The molecule has 4 heteroatoms. The van der Waals surface area contributed by atoms with E-state index in [1.54, 1.807) is 36.4 Å². The number of hydrogen-bond donors (Lipinski definition) is 0. The lowest BCUT2D eigenvalue weighted by Crippen LogP contribution is -2.08. The molecule has 0 radical (unpaired) electrons. The predicted molar refractivity (Wildman–Crippen MR) is 104 cm³/mol. The average Bonchev–Trinajstić information content (AvgIpc) is 2.68. The van der Waals surface area contributed by atoms with E-state index in [1.807, 2.05) is 49.4 Å². The molecule has 0 aliphatic carbocycles. The zero-order valence-electron chi connectivity index (χ0n) is 14.6. The van der Waals surface area contributed by atoms with E-state index in [-0.39, 0.29) is 0 Å². The molecule has 0 saturated carbocycles. The molecule has 0 unspecified atom stereocenters. The summed E-state index contributed by atoms with van der Waals surface area (Å²) < 4.78 is 10.8. The predicted octanol–water partition coefficient (Wildman–Crippen LogP) is 4.99. The Morgan fingerprint density at radius 3 is 2.37 bits per heavy atom. The van der Waals surface area contributed by atoms with Crippen LogP contribution in [-0.2, 0) is 0 Å². The minimum Gasteiger partial charge on any atom is -0.423 e. The number of ether oxygens (including phenoxy) is 1. The Bertz CT molecular complexity index is 1170. The van der Waals surface area contributed by atoms with Crippen molar-refractivity contribution >= 4 is 16.9 Å². The van der Waals surface area contributed by atoms with E-state index >= 15 is 0 Å². The van der Waals surface area contributed by atoms with Crippen molar-refractivity contribution in [2.24, 2.45) is 0 Å². The van der Waals surface area contributed by atoms with Crippen molar-refractivity contribution in [3.63, 3.8) is 0 Å². The van der Waals surface area contributed by atoms with E-state index in [0.717, 1.165) is 16.5 Å². The smallest absolute Gasteiger partial charge is 0.344 e. The lowest BCUT2D eigenvalue weighted by atomic mass is 10.1. The highest BCUT2D eigenvalue weighted by atomic mass is 16.5. The molecule has 0 amide bonds. The van der Waals surface area contributed by atoms with E-state index in [1.165, 1.54) is 0 Å². The van der Waals surface area contributed by atoms with Crippen LogP contribution in [0.15, 0.2) is 88.1 Å². The molecule has 0 spiro atoms. The summed E-state index contributed by atoms with van der Waals surface area (Å²) in [6.07, 6.45) is 0. The highest BCUT2D eigenvalue weighted by molar-refractivity contribution is 5.92. The van der Waals surface area contributed by atoms with Crippen LogP contribution in [-0.4, -0.2) is 5.97 Å². The summed E-state index contributed by atoms with van der Waals surface area (Å²) >= 11 is 0. The molecule has 0 saturated heterocycles. The Labute approximate surface area is 155 Å². The van der Waals surface area contributed by atoms with Crippen LogP contribution in [0, 0.1) is 6.92 Å². The number of esters is 1. The van der Waals surface area contributed by atoms with Gasteiger partial charge in [-0.25, -0.2) is 9.59 Å². The SMILES string of the molecule is Cc1ccc(C(=O)Oc2ccc3cc(-c4ccccc4)c(=O)oc3c2)cc1. The summed E-state index contributed by atoms with van der Waals surface area (Å²) in [6, 6.07) is 23.2. The monoisotopic (exact) mass is 356 g/mol. The van der Waals surface area contributed by atoms with Crippen LogP contribution in [0.1, 0.15) is 15.9 Å². The van der Waals surface area contributed by atoms with Crippen LogP contribution in [0.4, 0.5) is 0 Å². The van der Waals surface area contributed by atoms with Crippen molar-refractivity contribution in [1.82, 2.24) is 0 Å². The first-order chi connectivity index (χ1) is 13.1. The minimum atomic E-state index is -0.461. The van der Waals surface area contributed by atoms with E-state index in [0.29, 0.717) is 22.5 Å². The molecule has 0 N–H and O–H groups in total. The highest BCUT2D eigenvalue weighted by Crippen LogP contribution is 2.25. The van der Waals surface area contributed by atoms with Gasteiger partial charge in [0.05, 0.1) is 11.1 Å². The molecule has 3 aromatic carbocycles. The molecule has 4 nitrogen and oxygen atoms in total. The Morgan fingerprint density at radius 2 is 1.63 bits per heavy atom. The van der Waals surface area contributed by atoms with Crippen molar-refractivity contribution in [2.45, 2.75) is 6.92 Å². The normalized spacial score (nSPS) is 10.7. The zero-order chi connectivity index (χ0) is 18.8. The van der Waals surface area contributed by atoms with Crippen molar-refractivity contribution in [3.8, 4) is 16.9 Å². The summed E-state index contributed by atoms with van der Waals surface area (Å²) in [4.78, 5) is 24.6. The van der Waals surface area contributed by atoms with Crippen molar-refractivity contribution in [3.05, 3.63) is 100 Å². The summed E-state index contributed by atoms with van der Waals surface area (Å²) in [5, 5.41) is 0.753. The fourth-order valence-corrected chi connectivity index (χ4v) is 2.83. The van der Waals surface area contributed by atoms with Gasteiger partial charge in [0.1, 0.15) is 11.3 Å². The maximum absolute atomic E-state index is 12.3. The van der Waals surface area contributed by atoms with E-state index < -0.39 is 11.6 Å². The van der Waals surface area contributed by atoms with E-state index in [2.05, 4.69) is 0 Å². The topological polar surface area (TPSA) is 56.5 Å². The van der Waals surface area contributed by atoms with Gasteiger partial charge in [-0.1, -0.05) is 48.0 Å². The van der Waals surface area contributed by atoms with Crippen molar-refractivity contribution < 1.29 is 13.9 Å². The average molecular weight is 356 g/mol. The van der Waals surface area contributed by atoms with Gasteiger partial charge in [-0.05, 0) is 42.8 Å². The molecule has 4 aromatic rings. The second kappa shape index (κ2) is 6.92. The van der Waals surface area contributed by atoms with Gasteiger partial charge in [-0.2, -0.15) is 0 Å². The Hall–Kier alpha value is -3.66. The largest absolute Gasteiger partial charge is 0.423 e. The fraction of sp³-hybridized carbons (Fsp3) is 0.0435. The second-order valence-corrected chi connectivity index (χ2v) is 6.27. The number of hydrogen-bond acceptors (Lipinski definition) is 4. The van der Waals surface area contributed by atoms with Gasteiger partial charge in [0.25, 0.3) is 0 Å². The molecular formula is C23H16O4. The maximum atomic E-state index is 12.3. The quantitative estimate of drug-likeness (QED) is 0.295. The van der Waals surface area contributed by atoms with Crippen LogP contribution < -0.4 is 10.4 Å². The van der Waals surface area contributed by atoms with Gasteiger partial charge in [-0.15, -0.1) is 0 Å². The van der Waals surface area contributed by atoms with Crippen LogP contribution in [0.5, 0.6) is 5.75 Å². The molecule has 0 aliphatic rings. The zero-order valence-corrected chi connectivity index (χ0v) is 14.6. The summed E-state index contributed by atoms with van der Waals surface area (Å²) in [7, 11) is 0. The molecule has 4 rings (SSSR count). The number of benzene rings is 3. The van der Waals surface area contributed by atoms with Gasteiger partial charge in [0.2, 0.25) is 0 Å². The van der Waals surface area contributed by atoms with Crippen LogP contribution in [0.3, 0.4) is 0 Å². The lowest BCUT2D eigenvalue weighted by Gasteiger charge is -2.07. The third kappa shape index (κ3) is 3.51. The van der Waals surface area contributed by atoms with Gasteiger partial charge in [0.15, 0.2) is 0 Å². The third-order valence-corrected chi connectivity index (χ3v) is 4.29. The first kappa shape index (κ1) is 16.8.